The number of hydrogen-bond donors (Lipinski definition) is 1. The van der Waals surface area contributed by atoms with Crippen molar-refractivity contribution in [1.82, 2.24) is 4.98 Å². The van der Waals surface area contributed by atoms with Crippen LogP contribution in [0, 0.1) is 0 Å². The molecular formula is C20H20N2O2S. The first-order valence-electron chi connectivity index (χ1n) is 8.03. The quantitative estimate of drug-likeness (QED) is 0.652. The molecule has 0 bridgehead atoms. The van der Waals surface area contributed by atoms with Crippen LogP contribution in [0.25, 0.3) is 21.0 Å². The normalized spacial score (nSPS) is 11.3. The zero-order valence-electron chi connectivity index (χ0n) is 14.4. The Bertz CT molecular complexity index is 868. The number of hydrogen-bond acceptors (Lipinski definition) is 3. The fraction of sp³-hybridized carbons (Fsp3) is 0.200. The minimum atomic E-state index is -1.01. The smallest absolute Gasteiger partial charge is 0.413 e. The standard InChI is InChI=1S/C20H20N2O2S/c1-20(2,3)22(19(23)24)17-16(14-10-6-4-7-11-14)25-18(21-17)15-12-8-5-9-13-15/h4-13H,1-3H3,(H,23,24). The van der Waals surface area contributed by atoms with Crippen LogP contribution in [0.2, 0.25) is 0 Å². The van der Waals surface area contributed by atoms with Gasteiger partial charge in [-0.3, -0.25) is 4.90 Å². The number of benzene rings is 2. The lowest BCUT2D eigenvalue weighted by atomic mass is 10.1. The summed E-state index contributed by atoms with van der Waals surface area (Å²) in [6.45, 7) is 5.62. The van der Waals surface area contributed by atoms with Gasteiger partial charge in [-0.1, -0.05) is 60.7 Å². The molecule has 1 N–H and O–H groups in total. The van der Waals surface area contributed by atoms with Gasteiger partial charge in [0.05, 0.1) is 4.88 Å². The third kappa shape index (κ3) is 3.56. The van der Waals surface area contributed by atoms with Gasteiger partial charge in [-0.2, -0.15) is 0 Å². The van der Waals surface area contributed by atoms with E-state index in [0.717, 1.165) is 21.0 Å². The van der Waals surface area contributed by atoms with Crippen LogP contribution in [0.4, 0.5) is 10.6 Å². The van der Waals surface area contributed by atoms with Crippen molar-refractivity contribution in [1.29, 1.82) is 0 Å². The summed E-state index contributed by atoms with van der Waals surface area (Å²) in [5.41, 5.74) is 1.35. The van der Waals surface area contributed by atoms with Gasteiger partial charge in [0.15, 0.2) is 5.82 Å². The molecule has 0 atom stereocenters. The molecule has 5 heteroatoms. The second kappa shape index (κ2) is 6.69. The highest BCUT2D eigenvalue weighted by Crippen LogP contribution is 2.42. The first-order valence-corrected chi connectivity index (χ1v) is 8.84. The predicted molar refractivity (Wildman–Crippen MR) is 103 cm³/mol. The molecule has 0 saturated carbocycles. The first-order chi connectivity index (χ1) is 11.9. The fourth-order valence-corrected chi connectivity index (χ4v) is 3.70. The van der Waals surface area contributed by atoms with E-state index in [-0.39, 0.29) is 0 Å². The minimum absolute atomic E-state index is 0.482. The molecule has 0 aliphatic rings. The topological polar surface area (TPSA) is 53.4 Å². The van der Waals surface area contributed by atoms with Crippen LogP contribution in [0.15, 0.2) is 60.7 Å². The van der Waals surface area contributed by atoms with Crippen LogP contribution in [0.5, 0.6) is 0 Å². The van der Waals surface area contributed by atoms with Crippen LogP contribution in [0.1, 0.15) is 20.8 Å². The van der Waals surface area contributed by atoms with Gasteiger partial charge in [0.25, 0.3) is 0 Å². The Balaban J connectivity index is 2.22. The van der Waals surface area contributed by atoms with Crippen molar-refractivity contribution in [3.63, 3.8) is 0 Å². The molecule has 128 valence electrons. The molecule has 1 aromatic heterocycles. The average molecular weight is 352 g/mol. The van der Waals surface area contributed by atoms with E-state index >= 15 is 0 Å². The molecule has 3 aromatic rings. The van der Waals surface area contributed by atoms with E-state index in [1.54, 1.807) is 0 Å². The maximum Gasteiger partial charge on any atom is 0.413 e. The summed E-state index contributed by atoms with van der Waals surface area (Å²) in [6.07, 6.45) is -1.01. The number of nitrogens with zero attached hydrogens (tertiary/aromatic N) is 2. The van der Waals surface area contributed by atoms with Crippen molar-refractivity contribution in [3.05, 3.63) is 60.7 Å². The SMILES string of the molecule is CC(C)(C)N(C(=O)O)c1nc(-c2ccccc2)sc1-c1ccccc1. The molecule has 1 heterocycles. The Kier molecular flexibility index (Phi) is 4.59. The van der Waals surface area contributed by atoms with E-state index in [1.165, 1.54) is 16.2 Å². The number of aromatic nitrogens is 1. The van der Waals surface area contributed by atoms with Crippen LogP contribution >= 0.6 is 11.3 Å². The molecule has 0 aliphatic heterocycles. The molecule has 4 nitrogen and oxygen atoms in total. The summed E-state index contributed by atoms with van der Waals surface area (Å²) in [7, 11) is 0. The molecule has 0 fully saturated rings. The van der Waals surface area contributed by atoms with Crippen molar-refractivity contribution >= 4 is 23.2 Å². The highest BCUT2D eigenvalue weighted by atomic mass is 32.1. The second-order valence-electron chi connectivity index (χ2n) is 6.69. The van der Waals surface area contributed by atoms with Crippen LogP contribution in [0.3, 0.4) is 0 Å². The highest BCUT2D eigenvalue weighted by molar-refractivity contribution is 7.19. The van der Waals surface area contributed by atoms with Gasteiger partial charge < -0.3 is 5.11 Å². The van der Waals surface area contributed by atoms with E-state index in [0.29, 0.717) is 5.82 Å². The van der Waals surface area contributed by atoms with Crippen LogP contribution in [-0.4, -0.2) is 21.7 Å². The van der Waals surface area contributed by atoms with Crippen LogP contribution < -0.4 is 4.90 Å². The molecule has 0 saturated heterocycles. The van der Waals surface area contributed by atoms with E-state index in [9.17, 15) is 9.90 Å². The summed E-state index contributed by atoms with van der Waals surface area (Å²) in [5, 5.41) is 10.6. The van der Waals surface area contributed by atoms with Gasteiger partial charge in [-0.15, -0.1) is 11.3 Å². The van der Waals surface area contributed by atoms with Gasteiger partial charge in [0.2, 0.25) is 0 Å². The van der Waals surface area contributed by atoms with E-state index in [2.05, 4.69) is 0 Å². The lowest BCUT2D eigenvalue weighted by Gasteiger charge is -2.32. The minimum Gasteiger partial charge on any atom is -0.465 e. The number of anilines is 1. The monoisotopic (exact) mass is 352 g/mol. The molecule has 0 radical (unpaired) electrons. The lowest BCUT2D eigenvalue weighted by molar-refractivity contribution is 0.195. The number of rotatable bonds is 3. The molecular weight excluding hydrogens is 332 g/mol. The zero-order chi connectivity index (χ0) is 18.0. The number of thiazole rings is 1. The molecule has 0 unspecified atom stereocenters. The summed E-state index contributed by atoms with van der Waals surface area (Å²) in [6, 6.07) is 19.6. The van der Waals surface area contributed by atoms with Crippen LogP contribution in [-0.2, 0) is 0 Å². The van der Waals surface area contributed by atoms with Gasteiger partial charge in [-0.25, -0.2) is 9.78 Å². The summed E-state index contributed by atoms with van der Waals surface area (Å²) in [4.78, 5) is 18.9. The largest absolute Gasteiger partial charge is 0.465 e. The average Bonchev–Trinajstić information content (AvgIpc) is 2.99. The maximum atomic E-state index is 12.0. The van der Waals surface area contributed by atoms with Gasteiger partial charge in [0.1, 0.15) is 5.01 Å². The Labute approximate surface area is 151 Å². The molecule has 25 heavy (non-hydrogen) atoms. The maximum absolute atomic E-state index is 12.0. The van der Waals surface area contributed by atoms with E-state index in [4.69, 9.17) is 4.98 Å². The third-order valence-electron chi connectivity index (χ3n) is 3.74. The van der Waals surface area contributed by atoms with E-state index < -0.39 is 11.6 Å². The zero-order valence-corrected chi connectivity index (χ0v) is 15.2. The van der Waals surface area contributed by atoms with E-state index in [1.807, 2.05) is 81.4 Å². The molecule has 2 aromatic carbocycles. The van der Waals surface area contributed by atoms with Gasteiger partial charge >= 0.3 is 6.09 Å². The summed E-state index contributed by atoms with van der Waals surface area (Å²) in [5.74, 6) is 0.482. The summed E-state index contributed by atoms with van der Waals surface area (Å²) >= 11 is 1.51. The van der Waals surface area contributed by atoms with Gasteiger partial charge in [-0.05, 0) is 26.3 Å². The Morgan fingerprint density at radius 2 is 1.48 bits per heavy atom. The van der Waals surface area contributed by atoms with Crippen molar-refractivity contribution in [2.24, 2.45) is 0 Å². The number of carbonyl (C=O) groups is 1. The molecule has 0 aliphatic carbocycles. The van der Waals surface area contributed by atoms with Crippen molar-refractivity contribution in [2.45, 2.75) is 26.3 Å². The Morgan fingerprint density at radius 1 is 0.960 bits per heavy atom. The molecule has 0 spiro atoms. The predicted octanol–water partition coefficient (Wildman–Crippen LogP) is 5.76. The lowest BCUT2D eigenvalue weighted by Crippen LogP contribution is -2.45. The second-order valence-corrected chi connectivity index (χ2v) is 7.69. The summed E-state index contributed by atoms with van der Waals surface area (Å²) < 4.78 is 0. The molecule has 1 amide bonds. The molecule has 3 rings (SSSR count). The third-order valence-corrected chi connectivity index (χ3v) is 4.88. The van der Waals surface area contributed by atoms with Crippen molar-refractivity contribution in [3.8, 4) is 21.0 Å². The highest BCUT2D eigenvalue weighted by Gasteiger charge is 2.33. The Hall–Kier alpha value is -2.66. The number of carboxylic acid groups (broad SMARTS) is 1. The van der Waals surface area contributed by atoms with Crippen molar-refractivity contribution < 1.29 is 9.90 Å². The van der Waals surface area contributed by atoms with Gasteiger partial charge in [0, 0.05) is 11.1 Å². The fourth-order valence-electron chi connectivity index (χ4n) is 2.64. The number of amides is 1. The Morgan fingerprint density at radius 3 is 1.96 bits per heavy atom. The van der Waals surface area contributed by atoms with Crippen molar-refractivity contribution in [2.75, 3.05) is 4.90 Å². The first kappa shape index (κ1) is 17.2.